The second-order valence-corrected chi connectivity index (χ2v) is 6.12. The fraction of sp³-hybridized carbons (Fsp3) is 0.471. The molecule has 1 heterocycles. The Kier molecular flexibility index (Phi) is 4.83. The molecule has 1 aromatic carbocycles. The molecule has 0 spiro atoms. The Labute approximate surface area is 137 Å². The molecule has 0 atom stereocenters. The van der Waals surface area contributed by atoms with Crippen molar-refractivity contribution >= 4 is 23.0 Å². The Morgan fingerprint density at radius 3 is 2.82 bits per heavy atom. The predicted octanol–water partition coefficient (Wildman–Crippen LogP) is 3.93. The Hall–Kier alpha value is -1.75. The van der Waals surface area contributed by atoms with Crippen LogP contribution in [0.3, 0.4) is 0 Å². The van der Waals surface area contributed by atoms with E-state index in [9.17, 15) is 0 Å². The largest absolute Gasteiger partial charge is 0.454 e. The summed E-state index contributed by atoms with van der Waals surface area (Å²) in [5.74, 6) is 1.55. The van der Waals surface area contributed by atoms with Crippen molar-refractivity contribution in [3.63, 3.8) is 0 Å². The van der Waals surface area contributed by atoms with E-state index in [4.69, 9.17) is 21.7 Å². The second-order valence-electron chi connectivity index (χ2n) is 5.73. The van der Waals surface area contributed by atoms with Gasteiger partial charge in [0, 0.05) is 24.3 Å². The van der Waals surface area contributed by atoms with Gasteiger partial charge in [-0.25, -0.2) is 0 Å². The smallest absolute Gasteiger partial charge is 0.231 e. The predicted molar refractivity (Wildman–Crippen MR) is 92.6 cm³/mol. The number of hydrogen-bond donors (Lipinski definition) is 1. The molecular weight excluding hydrogens is 296 g/mol. The van der Waals surface area contributed by atoms with Gasteiger partial charge in [0.05, 0.1) is 0 Å². The maximum absolute atomic E-state index is 5.63. The molecule has 22 heavy (non-hydrogen) atoms. The third-order valence-electron chi connectivity index (χ3n) is 4.23. The van der Waals surface area contributed by atoms with Gasteiger partial charge in [-0.15, -0.1) is 6.58 Å². The van der Waals surface area contributed by atoms with Gasteiger partial charge in [0.15, 0.2) is 16.6 Å². The minimum atomic E-state index is 0.286. The first-order valence-electron chi connectivity index (χ1n) is 7.86. The molecule has 1 aliphatic heterocycles. The van der Waals surface area contributed by atoms with E-state index in [0.717, 1.165) is 28.8 Å². The SMILES string of the molecule is C=CCN(C(=S)Nc1ccc2c(c1)OCO2)C1CCCCC1. The average molecular weight is 318 g/mol. The van der Waals surface area contributed by atoms with E-state index in [2.05, 4.69) is 16.8 Å². The fourth-order valence-electron chi connectivity index (χ4n) is 3.10. The van der Waals surface area contributed by atoms with Gasteiger partial charge in [0.1, 0.15) is 0 Å². The summed E-state index contributed by atoms with van der Waals surface area (Å²) in [4.78, 5) is 2.26. The zero-order valence-electron chi connectivity index (χ0n) is 12.7. The molecule has 1 saturated carbocycles. The number of hydrogen-bond acceptors (Lipinski definition) is 3. The lowest BCUT2D eigenvalue weighted by atomic mass is 9.94. The van der Waals surface area contributed by atoms with Crippen molar-refractivity contribution < 1.29 is 9.47 Å². The van der Waals surface area contributed by atoms with Crippen molar-refractivity contribution in [3.05, 3.63) is 30.9 Å². The molecule has 1 fully saturated rings. The Balaban J connectivity index is 1.68. The average Bonchev–Trinajstić information content (AvgIpc) is 3.01. The molecule has 4 nitrogen and oxygen atoms in total. The van der Waals surface area contributed by atoms with Crippen LogP contribution in [0.4, 0.5) is 5.69 Å². The van der Waals surface area contributed by atoms with E-state index >= 15 is 0 Å². The zero-order valence-corrected chi connectivity index (χ0v) is 13.5. The summed E-state index contributed by atoms with van der Waals surface area (Å²) in [6.45, 7) is 4.93. The highest BCUT2D eigenvalue weighted by molar-refractivity contribution is 7.80. The maximum atomic E-state index is 5.63. The van der Waals surface area contributed by atoms with E-state index in [1.54, 1.807) is 0 Å². The number of thiocarbonyl (C=S) groups is 1. The van der Waals surface area contributed by atoms with Gasteiger partial charge in [0.2, 0.25) is 6.79 Å². The first kappa shape index (κ1) is 15.2. The van der Waals surface area contributed by atoms with Crippen LogP contribution >= 0.6 is 12.2 Å². The van der Waals surface area contributed by atoms with E-state index in [-0.39, 0.29) is 6.79 Å². The second kappa shape index (κ2) is 7.01. The molecule has 1 aromatic rings. The van der Waals surface area contributed by atoms with E-state index in [1.165, 1.54) is 32.1 Å². The van der Waals surface area contributed by atoms with Crippen LogP contribution in [0.15, 0.2) is 30.9 Å². The van der Waals surface area contributed by atoms with Crippen molar-refractivity contribution in [3.8, 4) is 11.5 Å². The first-order chi connectivity index (χ1) is 10.8. The molecule has 2 aliphatic rings. The molecule has 0 saturated heterocycles. The molecule has 118 valence electrons. The van der Waals surface area contributed by atoms with Crippen LogP contribution in [0.5, 0.6) is 11.5 Å². The molecule has 0 bridgehead atoms. The fourth-order valence-corrected chi connectivity index (χ4v) is 3.44. The van der Waals surface area contributed by atoms with Crippen LogP contribution in [0.2, 0.25) is 0 Å². The van der Waals surface area contributed by atoms with Crippen LogP contribution in [0, 0.1) is 0 Å². The number of ether oxygens (including phenoxy) is 2. The summed E-state index contributed by atoms with van der Waals surface area (Å²) in [7, 11) is 0. The third-order valence-corrected chi connectivity index (χ3v) is 4.56. The van der Waals surface area contributed by atoms with Gasteiger partial charge in [0.25, 0.3) is 0 Å². The van der Waals surface area contributed by atoms with Gasteiger partial charge >= 0.3 is 0 Å². The van der Waals surface area contributed by atoms with Crippen molar-refractivity contribution in [2.45, 2.75) is 38.1 Å². The van der Waals surface area contributed by atoms with Gasteiger partial charge in [-0.3, -0.25) is 0 Å². The van der Waals surface area contributed by atoms with Crippen molar-refractivity contribution in [2.24, 2.45) is 0 Å². The standard InChI is InChI=1S/C17H22N2O2S/c1-2-10-19(14-6-4-3-5-7-14)17(22)18-13-8-9-15-16(11-13)21-12-20-15/h2,8-9,11,14H,1,3-7,10,12H2,(H,18,22). The number of rotatable bonds is 4. The highest BCUT2D eigenvalue weighted by Gasteiger charge is 2.23. The Bertz CT molecular complexity index is 556. The van der Waals surface area contributed by atoms with Gasteiger partial charge in [-0.1, -0.05) is 25.3 Å². The van der Waals surface area contributed by atoms with E-state index in [0.29, 0.717) is 6.04 Å². The van der Waals surface area contributed by atoms with Crippen LogP contribution in [-0.4, -0.2) is 29.4 Å². The molecule has 1 aliphatic carbocycles. The maximum Gasteiger partial charge on any atom is 0.231 e. The Morgan fingerprint density at radius 1 is 1.27 bits per heavy atom. The summed E-state index contributed by atoms with van der Waals surface area (Å²) in [6.07, 6.45) is 8.23. The van der Waals surface area contributed by atoms with Crippen molar-refractivity contribution in [1.29, 1.82) is 0 Å². The molecule has 0 unspecified atom stereocenters. The molecule has 3 rings (SSSR count). The number of benzene rings is 1. The lowest BCUT2D eigenvalue weighted by molar-refractivity contribution is 0.174. The molecule has 0 aromatic heterocycles. The van der Waals surface area contributed by atoms with Gasteiger partial charge in [-0.2, -0.15) is 0 Å². The zero-order chi connectivity index (χ0) is 15.4. The van der Waals surface area contributed by atoms with E-state index < -0.39 is 0 Å². The minimum absolute atomic E-state index is 0.286. The van der Waals surface area contributed by atoms with Gasteiger partial charge < -0.3 is 19.7 Å². The number of nitrogens with zero attached hydrogens (tertiary/aromatic N) is 1. The van der Waals surface area contributed by atoms with Crippen LogP contribution < -0.4 is 14.8 Å². The van der Waals surface area contributed by atoms with Crippen LogP contribution in [0.25, 0.3) is 0 Å². The number of fused-ring (bicyclic) bond motifs is 1. The molecule has 0 amide bonds. The van der Waals surface area contributed by atoms with Crippen molar-refractivity contribution in [1.82, 2.24) is 4.90 Å². The quantitative estimate of drug-likeness (QED) is 0.672. The molecule has 5 heteroatoms. The summed E-state index contributed by atoms with van der Waals surface area (Å²) < 4.78 is 10.7. The van der Waals surface area contributed by atoms with Gasteiger partial charge in [-0.05, 0) is 37.2 Å². The molecule has 1 N–H and O–H groups in total. The lowest BCUT2D eigenvalue weighted by Gasteiger charge is -2.35. The summed E-state index contributed by atoms with van der Waals surface area (Å²) in [6, 6.07) is 6.32. The molecule has 0 radical (unpaired) electrons. The lowest BCUT2D eigenvalue weighted by Crippen LogP contribution is -2.43. The van der Waals surface area contributed by atoms with Crippen LogP contribution in [0.1, 0.15) is 32.1 Å². The van der Waals surface area contributed by atoms with Crippen LogP contribution in [-0.2, 0) is 0 Å². The monoisotopic (exact) mass is 318 g/mol. The topological polar surface area (TPSA) is 33.7 Å². The Morgan fingerprint density at radius 2 is 2.05 bits per heavy atom. The first-order valence-corrected chi connectivity index (χ1v) is 8.27. The number of anilines is 1. The summed E-state index contributed by atoms with van der Waals surface area (Å²) in [5.41, 5.74) is 0.930. The summed E-state index contributed by atoms with van der Waals surface area (Å²) >= 11 is 5.63. The van der Waals surface area contributed by atoms with E-state index in [1.807, 2.05) is 24.3 Å². The highest BCUT2D eigenvalue weighted by Crippen LogP contribution is 2.34. The highest BCUT2D eigenvalue weighted by atomic mass is 32.1. The third kappa shape index (κ3) is 3.35. The number of nitrogens with one attached hydrogen (secondary N) is 1. The molecular formula is C17H22N2O2S. The minimum Gasteiger partial charge on any atom is -0.454 e. The normalized spacial score (nSPS) is 17.1. The summed E-state index contributed by atoms with van der Waals surface area (Å²) in [5, 5.41) is 4.08. The van der Waals surface area contributed by atoms with Crippen molar-refractivity contribution in [2.75, 3.05) is 18.7 Å².